The molecule has 1 unspecified atom stereocenters. The number of piperidine rings is 1. The standard InChI is InChI=1S/C21H40N4O4/c1-21(2,3)29-20(26)25-11-8-17(9-12-25)15-24-19(22-4)23-10-6-13-27-16-18-7-5-14-28-18/h17-18H,5-16H2,1-4H3,(H2,22,23,24). The van der Waals surface area contributed by atoms with Gasteiger partial charge in [0.2, 0.25) is 0 Å². The van der Waals surface area contributed by atoms with E-state index in [0.29, 0.717) is 18.6 Å². The number of guanidine groups is 1. The molecule has 0 bridgehead atoms. The number of rotatable bonds is 8. The number of amides is 1. The zero-order valence-corrected chi connectivity index (χ0v) is 18.7. The fourth-order valence-electron chi connectivity index (χ4n) is 3.48. The van der Waals surface area contributed by atoms with Crippen molar-refractivity contribution in [2.24, 2.45) is 10.9 Å². The molecule has 8 heteroatoms. The molecule has 2 aliphatic heterocycles. The SMILES string of the molecule is CN=C(NCCCOCC1CCCO1)NCC1CCN(C(=O)OC(C)(C)C)CC1. The molecule has 2 aliphatic rings. The summed E-state index contributed by atoms with van der Waals surface area (Å²) >= 11 is 0. The van der Waals surface area contributed by atoms with E-state index in [1.165, 1.54) is 0 Å². The molecule has 0 aromatic rings. The molecule has 2 fully saturated rings. The van der Waals surface area contributed by atoms with Gasteiger partial charge in [-0.25, -0.2) is 4.79 Å². The van der Waals surface area contributed by atoms with Gasteiger partial charge in [0.15, 0.2) is 5.96 Å². The van der Waals surface area contributed by atoms with Crippen molar-refractivity contribution in [3.8, 4) is 0 Å². The van der Waals surface area contributed by atoms with E-state index in [1.807, 2.05) is 25.7 Å². The van der Waals surface area contributed by atoms with E-state index >= 15 is 0 Å². The van der Waals surface area contributed by atoms with Crippen LogP contribution in [0.3, 0.4) is 0 Å². The van der Waals surface area contributed by atoms with Gasteiger partial charge in [0.05, 0.1) is 12.7 Å². The molecular formula is C21H40N4O4. The maximum absolute atomic E-state index is 12.1. The summed E-state index contributed by atoms with van der Waals surface area (Å²) in [7, 11) is 1.79. The first-order chi connectivity index (χ1) is 13.9. The summed E-state index contributed by atoms with van der Waals surface area (Å²) in [6.45, 7) is 11.2. The smallest absolute Gasteiger partial charge is 0.410 e. The zero-order chi connectivity index (χ0) is 21.1. The van der Waals surface area contributed by atoms with Crippen LogP contribution in [0.1, 0.15) is 52.9 Å². The molecule has 2 saturated heterocycles. The lowest BCUT2D eigenvalue weighted by Gasteiger charge is -2.33. The molecule has 0 aliphatic carbocycles. The third-order valence-corrected chi connectivity index (χ3v) is 5.13. The van der Waals surface area contributed by atoms with Crippen molar-refractivity contribution in [1.82, 2.24) is 15.5 Å². The van der Waals surface area contributed by atoms with E-state index in [2.05, 4.69) is 15.6 Å². The maximum Gasteiger partial charge on any atom is 0.410 e. The molecule has 168 valence electrons. The van der Waals surface area contributed by atoms with E-state index in [1.54, 1.807) is 7.05 Å². The first-order valence-corrected chi connectivity index (χ1v) is 11.0. The second kappa shape index (κ2) is 12.2. The van der Waals surface area contributed by atoms with Crippen molar-refractivity contribution in [2.75, 3.05) is 53.0 Å². The predicted molar refractivity (Wildman–Crippen MR) is 114 cm³/mol. The molecule has 0 spiro atoms. The topological polar surface area (TPSA) is 84.4 Å². The van der Waals surface area contributed by atoms with Crippen molar-refractivity contribution in [1.29, 1.82) is 0 Å². The van der Waals surface area contributed by atoms with Crippen LogP contribution >= 0.6 is 0 Å². The molecule has 1 atom stereocenters. The molecule has 2 rings (SSSR count). The van der Waals surface area contributed by atoms with Crippen molar-refractivity contribution in [3.05, 3.63) is 0 Å². The highest BCUT2D eigenvalue weighted by atomic mass is 16.6. The molecule has 1 amide bonds. The van der Waals surface area contributed by atoms with Gasteiger partial charge in [0, 0.05) is 46.4 Å². The van der Waals surface area contributed by atoms with E-state index in [4.69, 9.17) is 14.2 Å². The summed E-state index contributed by atoms with van der Waals surface area (Å²) < 4.78 is 16.7. The van der Waals surface area contributed by atoms with Crippen LogP contribution in [-0.2, 0) is 14.2 Å². The van der Waals surface area contributed by atoms with Crippen molar-refractivity contribution < 1.29 is 19.0 Å². The van der Waals surface area contributed by atoms with Crippen LogP contribution in [0.25, 0.3) is 0 Å². The van der Waals surface area contributed by atoms with Crippen LogP contribution < -0.4 is 10.6 Å². The predicted octanol–water partition coefficient (Wildman–Crippen LogP) is 2.38. The molecule has 0 radical (unpaired) electrons. The number of carbonyl (C=O) groups excluding carboxylic acids is 1. The fourth-order valence-corrected chi connectivity index (χ4v) is 3.48. The van der Waals surface area contributed by atoms with Gasteiger partial charge in [-0.05, 0) is 58.8 Å². The average molecular weight is 413 g/mol. The zero-order valence-electron chi connectivity index (χ0n) is 18.7. The van der Waals surface area contributed by atoms with Crippen LogP contribution in [0.4, 0.5) is 4.79 Å². The molecule has 0 aromatic heterocycles. The lowest BCUT2D eigenvalue weighted by molar-refractivity contribution is 0.0168. The number of aliphatic imine (C=N–C) groups is 1. The lowest BCUT2D eigenvalue weighted by atomic mass is 9.97. The average Bonchev–Trinajstić information content (AvgIpc) is 3.19. The van der Waals surface area contributed by atoms with Gasteiger partial charge in [0.25, 0.3) is 0 Å². The third-order valence-electron chi connectivity index (χ3n) is 5.13. The summed E-state index contributed by atoms with van der Waals surface area (Å²) in [4.78, 5) is 18.2. The summed E-state index contributed by atoms with van der Waals surface area (Å²) in [5.41, 5.74) is -0.441. The van der Waals surface area contributed by atoms with Crippen LogP contribution in [0.2, 0.25) is 0 Å². The first kappa shape index (κ1) is 23.7. The van der Waals surface area contributed by atoms with Gasteiger partial charge in [-0.2, -0.15) is 0 Å². The highest BCUT2D eigenvalue weighted by Gasteiger charge is 2.26. The van der Waals surface area contributed by atoms with Gasteiger partial charge in [-0.15, -0.1) is 0 Å². The number of likely N-dealkylation sites (tertiary alicyclic amines) is 1. The largest absolute Gasteiger partial charge is 0.444 e. The Morgan fingerprint density at radius 3 is 2.59 bits per heavy atom. The monoisotopic (exact) mass is 412 g/mol. The Labute approximate surface area is 175 Å². The number of nitrogens with zero attached hydrogens (tertiary/aromatic N) is 2. The molecular weight excluding hydrogens is 372 g/mol. The quantitative estimate of drug-likeness (QED) is 0.362. The Morgan fingerprint density at radius 1 is 1.21 bits per heavy atom. The molecule has 0 aromatic carbocycles. The number of hydrogen-bond donors (Lipinski definition) is 2. The van der Waals surface area contributed by atoms with Gasteiger partial charge in [0.1, 0.15) is 5.60 Å². The first-order valence-electron chi connectivity index (χ1n) is 11.0. The van der Waals surface area contributed by atoms with E-state index in [0.717, 1.165) is 77.5 Å². The molecule has 0 saturated carbocycles. The third kappa shape index (κ3) is 9.67. The van der Waals surface area contributed by atoms with Crippen LogP contribution in [0, 0.1) is 5.92 Å². The molecule has 2 N–H and O–H groups in total. The van der Waals surface area contributed by atoms with E-state index in [-0.39, 0.29) is 6.09 Å². The van der Waals surface area contributed by atoms with Crippen LogP contribution in [0.5, 0.6) is 0 Å². The Hall–Kier alpha value is -1.54. The van der Waals surface area contributed by atoms with Crippen molar-refractivity contribution in [2.45, 2.75) is 64.6 Å². The summed E-state index contributed by atoms with van der Waals surface area (Å²) in [6.07, 6.45) is 5.23. The second-order valence-corrected chi connectivity index (χ2v) is 8.85. The minimum absolute atomic E-state index is 0.205. The Morgan fingerprint density at radius 2 is 1.97 bits per heavy atom. The highest BCUT2D eigenvalue weighted by molar-refractivity contribution is 5.79. The normalized spacial score (nSPS) is 21.3. The summed E-state index contributed by atoms with van der Waals surface area (Å²) in [5, 5.41) is 6.73. The van der Waals surface area contributed by atoms with Crippen molar-refractivity contribution >= 4 is 12.1 Å². The van der Waals surface area contributed by atoms with E-state index in [9.17, 15) is 4.79 Å². The minimum atomic E-state index is -0.441. The summed E-state index contributed by atoms with van der Waals surface area (Å²) in [6, 6.07) is 0. The number of hydrogen-bond acceptors (Lipinski definition) is 5. The van der Waals surface area contributed by atoms with Crippen LogP contribution in [-0.4, -0.2) is 81.7 Å². The minimum Gasteiger partial charge on any atom is -0.444 e. The Bertz CT molecular complexity index is 507. The lowest BCUT2D eigenvalue weighted by Crippen LogP contribution is -2.45. The number of nitrogens with one attached hydrogen (secondary N) is 2. The van der Waals surface area contributed by atoms with Gasteiger partial charge < -0.3 is 29.7 Å². The Kier molecular flexibility index (Phi) is 10.0. The second-order valence-electron chi connectivity index (χ2n) is 8.85. The fraction of sp³-hybridized carbons (Fsp3) is 0.905. The number of carbonyl (C=O) groups is 1. The Balaban J connectivity index is 1.52. The van der Waals surface area contributed by atoms with Gasteiger partial charge in [-0.3, -0.25) is 4.99 Å². The van der Waals surface area contributed by atoms with E-state index < -0.39 is 5.60 Å². The number of ether oxygens (including phenoxy) is 3. The summed E-state index contributed by atoms with van der Waals surface area (Å²) in [5.74, 6) is 1.35. The maximum atomic E-state index is 12.1. The molecule has 2 heterocycles. The highest BCUT2D eigenvalue weighted by Crippen LogP contribution is 2.19. The van der Waals surface area contributed by atoms with Crippen LogP contribution in [0.15, 0.2) is 4.99 Å². The molecule has 8 nitrogen and oxygen atoms in total. The molecule has 29 heavy (non-hydrogen) atoms. The van der Waals surface area contributed by atoms with Crippen molar-refractivity contribution in [3.63, 3.8) is 0 Å². The van der Waals surface area contributed by atoms with Gasteiger partial charge in [-0.1, -0.05) is 0 Å². The van der Waals surface area contributed by atoms with Gasteiger partial charge >= 0.3 is 6.09 Å².